The Balaban J connectivity index is 2.25. The molecule has 1 nitrogen and oxygen atoms in total. The molecule has 3 heteroatoms. The Morgan fingerprint density at radius 2 is 1.79 bits per heavy atom. The van der Waals surface area contributed by atoms with Crippen LogP contribution in [0.3, 0.4) is 0 Å². The highest BCUT2D eigenvalue weighted by Gasteiger charge is 2.12. The Kier molecular flexibility index (Phi) is 4.38. The van der Waals surface area contributed by atoms with Gasteiger partial charge in [0, 0.05) is 6.04 Å². The first kappa shape index (κ1) is 14.2. The lowest BCUT2D eigenvalue weighted by molar-refractivity contribution is 0.614. The zero-order valence-corrected chi connectivity index (χ0v) is 12.7. The summed E-state index contributed by atoms with van der Waals surface area (Å²) < 4.78 is 14.0. The smallest absolute Gasteiger partial charge is 0.137 e. The molecule has 1 unspecified atom stereocenters. The van der Waals surface area contributed by atoms with Crippen LogP contribution < -0.4 is 5.73 Å². The third-order valence-corrected chi connectivity index (χ3v) is 4.03. The highest BCUT2D eigenvalue weighted by Crippen LogP contribution is 2.25. The molecule has 2 aromatic rings. The van der Waals surface area contributed by atoms with Crippen LogP contribution in [0, 0.1) is 19.7 Å². The summed E-state index contributed by atoms with van der Waals surface area (Å²) >= 11 is 3.28. The molecule has 0 aliphatic carbocycles. The van der Waals surface area contributed by atoms with Gasteiger partial charge in [-0.25, -0.2) is 4.39 Å². The second-order valence-corrected chi connectivity index (χ2v) is 5.74. The molecule has 0 aromatic heterocycles. The van der Waals surface area contributed by atoms with Gasteiger partial charge in [-0.15, -0.1) is 0 Å². The normalized spacial score (nSPS) is 12.5. The maximum absolute atomic E-state index is 13.5. The summed E-state index contributed by atoms with van der Waals surface area (Å²) in [7, 11) is 0. The van der Waals surface area contributed by atoms with Crippen LogP contribution in [0.4, 0.5) is 4.39 Å². The fourth-order valence-corrected chi connectivity index (χ4v) is 2.71. The van der Waals surface area contributed by atoms with E-state index >= 15 is 0 Å². The van der Waals surface area contributed by atoms with Crippen molar-refractivity contribution in [3.63, 3.8) is 0 Å². The van der Waals surface area contributed by atoms with Crippen LogP contribution in [0.25, 0.3) is 0 Å². The zero-order valence-electron chi connectivity index (χ0n) is 11.1. The molecule has 2 rings (SSSR count). The summed E-state index contributed by atoms with van der Waals surface area (Å²) in [5.41, 5.74) is 10.6. The summed E-state index contributed by atoms with van der Waals surface area (Å²) in [4.78, 5) is 0. The van der Waals surface area contributed by atoms with Crippen molar-refractivity contribution in [3.8, 4) is 0 Å². The second kappa shape index (κ2) is 5.85. The predicted molar refractivity (Wildman–Crippen MR) is 80.6 cm³/mol. The Labute approximate surface area is 121 Å². The van der Waals surface area contributed by atoms with Gasteiger partial charge in [0.2, 0.25) is 0 Å². The molecular weight excluding hydrogens is 305 g/mol. The molecule has 0 amide bonds. The van der Waals surface area contributed by atoms with Crippen molar-refractivity contribution in [1.82, 2.24) is 0 Å². The molecule has 2 aromatic carbocycles. The minimum Gasteiger partial charge on any atom is -0.324 e. The second-order valence-electron chi connectivity index (χ2n) is 4.94. The molecule has 0 spiro atoms. The standard InChI is InChI=1S/C16H17BrFN/c1-10-6-11(2)8-13(7-10)15(19)9-12-4-3-5-14(18)16(12)17/h3-8,15H,9,19H2,1-2H3. The molecule has 0 saturated carbocycles. The number of rotatable bonds is 3. The molecule has 2 N–H and O–H groups in total. The van der Waals surface area contributed by atoms with Crippen molar-refractivity contribution < 1.29 is 4.39 Å². The van der Waals surface area contributed by atoms with Gasteiger partial charge in [0.1, 0.15) is 5.82 Å². The summed E-state index contributed by atoms with van der Waals surface area (Å²) in [6, 6.07) is 11.2. The molecule has 0 aliphatic rings. The summed E-state index contributed by atoms with van der Waals surface area (Å²) in [6.07, 6.45) is 0.612. The quantitative estimate of drug-likeness (QED) is 0.888. The molecule has 0 fully saturated rings. The maximum Gasteiger partial charge on any atom is 0.137 e. The van der Waals surface area contributed by atoms with Gasteiger partial charge in [0.25, 0.3) is 0 Å². The number of aryl methyl sites for hydroxylation is 2. The number of halogens is 2. The van der Waals surface area contributed by atoms with Gasteiger partial charge in [0.05, 0.1) is 4.47 Å². The van der Waals surface area contributed by atoms with E-state index in [4.69, 9.17) is 5.73 Å². The maximum atomic E-state index is 13.5. The SMILES string of the molecule is Cc1cc(C)cc(C(N)Cc2cccc(F)c2Br)c1. The average molecular weight is 322 g/mol. The Morgan fingerprint density at radius 1 is 1.16 bits per heavy atom. The van der Waals surface area contributed by atoms with E-state index in [-0.39, 0.29) is 11.9 Å². The molecule has 1 atom stereocenters. The fourth-order valence-electron chi connectivity index (χ4n) is 2.28. The molecule has 0 heterocycles. The first-order valence-electron chi connectivity index (χ1n) is 6.24. The van der Waals surface area contributed by atoms with Crippen molar-refractivity contribution >= 4 is 15.9 Å². The molecule has 100 valence electrons. The van der Waals surface area contributed by atoms with Crippen LogP contribution in [0.15, 0.2) is 40.9 Å². The first-order valence-corrected chi connectivity index (χ1v) is 7.03. The van der Waals surface area contributed by atoms with Gasteiger partial charge >= 0.3 is 0 Å². The third-order valence-electron chi connectivity index (χ3n) is 3.14. The van der Waals surface area contributed by atoms with E-state index in [1.807, 2.05) is 6.07 Å². The first-order chi connectivity index (χ1) is 8.97. The molecule has 0 bridgehead atoms. The van der Waals surface area contributed by atoms with Gasteiger partial charge in [-0.2, -0.15) is 0 Å². The van der Waals surface area contributed by atoms with Crippen molar-refractivity contribution in [2.75, 3.05) is 0 Å². The Morgan fingerprint density at radius 3 is 2.42 bits per heavy atom. The van der Waals surface area contributed by atoms with E-state index in [0.29, 0.717) is 10.9 Å². The molecule has 0 aliphatic heterocycles. The lowest BCUT2D eigenvalue weighted by Crippen LogP contribution is -2.14. The molecule has 19 heavy (non-hydrogen) atoms. The van der Waals surface area contributed by atoms with E-state index in [1.165, 1.54) is 17.2 Å². The largest absolute Gasteiger partial charge is 0.324 e. The summed E-state index contributed by atoms with van der Waals surface area (Å²) in [5.74, 6) is -0.245. The van der Waals surface area contributed by atoms with Crippen LogP contribution in [0.1, 0.15) is 28.3 Å². The lowest BCUT2D eigenvalue weighted by Gasteiger charge is -2.15. The van der Waals surface area contributed by atoms with Crippen LogP contribution in [-0.2, 0) is 6.42 Å². The monoisotopic (exact) mass is 321 g/mol. The van der Waals surface area contributed by atoms with Gasteiger partial charge in [-0.05, 0) is 53.4 Å². The Bertz CT molecular complexity index is 575. The lowest BCUT2D eigenvalue weighted by atomic mass is 9.96. The number of hydrogen-bond donors (Lipinski definition) is 1. The van der Waals surface area contributed by atoms with Gasteiger partial charge in [0.15, 0.2) is 0 Å². The highest BCUT2D eigenvalue weighted by molar-refractivity contribution is 9.10. The topological polar surface area (TPSA) is 26.0 Å². The van der Waals surface area contributed by atoms with E-state index in [1.54, 1.807) is 6.07 Å². The third kappa shape index (κ3) is 3.43. The number of nitrogens with two attached hydrogens (primary N) is 1. The van der Waals surface area contributed by atoms with Gasteiger partial charge < -0.3 is 5.73 Å². The van der Waals surface area contributed by atoms with Crippen molar-refractivity contribution in [2.45, 2.75) is 26.3 Å². The summed E-state index contributed by atoms with van der Waals surface area (Å²) in [5, 5.41) is 0. The van der Waals surface area contributed by atoms with Crippen LogP contribution in [0.2, 0.25) is 0 Å². The van der Waals surface area contributed by atoms with E-state index in [2.05, 4.69) is 48.0 Å². The van der Waals surface area contributed by atoms with E-state index in [9.17, 15) is 4.39 Å². The van der Waals surface area contributed by atoms with Crippen LogP contribution >= 0.6 is 15.9 Å². The average Bonchev–Trinajstić information content (AvgIpc) is 2.33. The van der Waals surface area contributed by atoms with Crippen molar-refractivity contribution in [2.24, 2.45) is 5.73 Å². The molecule has 0 saturated heterocycles. The van der Waals surface area contributed by atoms with E-state index < -0.39 is 0 Å². The van der Waals surface area contributed by atoms with Crippen molar-refractivity contribution in [1.29, 1.82) is 0 Å². The van der Waals surface area contributed by atoms with Crippen molar-refractivity contribution in [3.05, 3.63) is 68.9 Å². The predicted octanol–water partition coefficient (Wildman–Crippen LogP) is 4.45. The van der Waals surface area contributed by atoms with Gasteiger partial charge in [-0.3, -0.25) is 0 Å². The van der Waals surface area contributed by atoms with Crippen LogP contribution in [-0.4, -0.2) is 0 Å². The Hall–Kier alpha value is -1.19. The molecule has 0 radical (unpaired) electrons. The number of benzene rings is 2. The van der Waals surface area contributed by atoms with Gasteiger partial charge in [-0.1, -0.05) is 41.5 Å². The number of hydrogen-bond acceptors (Lipinski definition) is 1. The molecular formula is C16H17BrFN. The van der Waals surface area contributed by atoms with E-state index in [0.717, 1.165) is 11.1 Å². The highest BCUT2D eigenvalue weighted by atomic mass is 79.9. The minimum atomic E-state index is -0.245. The zero-order chi connectivity index (χ0) is 14.0. The van der Waals surface area contributed by atoms with Crippen LogP contribution in [0.5, 0.6) is 0 Å². The summed E-state index contributed by atoms with van der Waals surface area (Å²) in [6.45, 7) is 4.11. The fraction of sp³-hybridized carbons (Fsp3) is 0.250. The minimum absolute atomic E-state index is 0.128.